The molecule has 0 bridgehead atoms. The molecule has 0 unspecified atom stereocenters. The minimum Gasteiger partial charge on any atom is -0.392 e. The lowest BCUT2D eigenvalue weighted by atomic mass is 10.2. The summed E-state index contributed by atoms with van der Waals surface area (Å²) >= 11 is 0. The van der Waals surface area contributed by atoms with Crippen molar-refractivity contribution in [3.63, 3.8) is 0 Å². The zero-order chi connectivity index (χ0) is 16.1. The van der Waals surface area contributed by atoms with E-state index < -0.39 is 57.7 Å². The molecule has 0 radical (unpaired) electrons. The van der Waals surface area contributed by atoms with E-state index >= 15 is 0 Å². The monoisotopic (exact) mass is 331 g/mol. The highest BCUT2D eigenvalue weighted by molar-refractivity contribution is 7.89. The Kier molecular flexibility index (Phi) is 3.75. The predicted octanol–water partition coefficient (Wildman–Crippen LogP) is 1.83. The fraction of sp³-hybridized carbons (Fsp3) is 0.455. The zero-order valence-corrected chi connectivity index (χ0v) is 11.2. The summed E-state index contributed by atoms with van der Waals surface area (Å²) in [6, 6.07) is 1.15. The Labute approximate surface area is 116 Å². The normalized spacial score (nSPS) is 17.8. The number of halogens is 5. The number of hydrogen-bond acceptors (Lipinski definition) is 3. The largest absolute Gasteiger partial charge is 0.407 e. The number of aliphatic hydroxyl groups is 1. The van der Waals surface area contributed by atoms with E-state index in [4.69, 9.17) is 5.11 Å². The van der Waals surface area contributed by atoms with Crippen LogP contribution in [0.25, 0.3) is 0 Å². The molecule has 1 aliphatic carbocycles. The summed E-state index contributed by atoms with van der Waals surface area (Å²) in [5.41, 5.74) is -2.91. The molecule has 1 aromatic carbocycles. The molecule has 1 saturated carbocycles. The van der Waals surface area contributed by atoms with E-state index in [1.807, 2.05) is 0 Å². The van der Waals surface area contributed by atoms with Gasteiger partial charge < -0.3 is 5.11 Å². The van der Waals surface area contributed by atoms with Gasteiger partial charge in [0.05, 0.1) is 6.61 Å². The van der Waals surface area contributed by atoms with Crippen molar-refractivity contribution in [2.45, 2.75) is 36.1 Å². The first-order valence-electron chi connectivity index (χ1n) is 5.72. The van der Waals surface area contributed by atoms with Crippen molar-refractivity contribution in [1.29, 1.82) is 0 Å². The maximum absolute atomic E-state index is 13.5. The average molecular weight is 331 g/mol. The number of sulfonamides is 1. The molecular formula is C11H10F5NO3S. The van der Waals surface area contributed by atoms with E-state index in [-0.39, 0.29) is 5.56 Å². The van der Waals surface area contributed by atoms with Gasteiger partial charge in [0.25, 0.3) is 0 Å². The minimum absolute atomic E-state index is 0.272. The Hall–Kier alpha value is -1.26. The van der Waals surface area contributed by atoms with Gasteiger partial charge in [-0.25, -0.2) is 17.2 Å². The fourth-order valence-electron chi connectivity index (χ4n) is 1.78. The van der Waals surface area contributed by atoms with Crippen LogP contribution < -0.4 is 4.72 Å². The lowest BCUT2D eigenvalue weighted by Crippen LogP contribution is -2.47. The van der Waals surface area contributed by atoms with Gasteiger partial charge in [-0.3, -0.25) is 0 Å². The van der Waals surface area contributed by atoms with Crippen LogP contribution in [0.15, 0.2) is 17.0 Å². The van der Waals surface area contributed by atoms with Crippen molar-refractivity contribution >= 4 is 10.0 Å². The van der Waals surface area contributed by atoms with E-state index in [0.717, 1.165) is 0 Å². The molecule has 1 fully saturated rings. The summed E-state index contributed by atoms with van der Waals surface area (Å²) in [5, 5.41) is 8.83. The third kappa shape index (κ3) is 2.87. The summed E-state index contributed by atoms with van der Waals surface area (Å²) < 4.78 is 90.1. The number of rotatable bonds is 4. The van der Waals surface area contributed by atoms with Crippen LogP contribution in [0.1, 0.15) is 18.4 Å². The van der Waals surface area contributed by atoms with Crippen molar-refractivity contribution < 1.29 is 35.5 Å². The Balaban J connectivity index is 2.44. The third-order valence-corrected chi connectivity index (χ3v) is 4.68. The first-order valence-corrected chi connectivity index (χ1v) is 7.20. The van der Waals surface area contributed by atoms with Crippen molar-refractivity contribution in [3.8, 4) is 0 Å². The van der Waals surface area contributed by atoms with Gasteiger partial charge in [0.1, 0.15) is 10.4 Å². The lowest BCUT2D eigenvalue weighted by molar-refractivity contribution is -0.160. The molecule has 4 nitrogen and oxygen atoms in total. The van der Waals surface area contributed by atoms with Crippen LogP contribution in [-0.4, -0.2) is 25.2 Å². The second-order valence-corrected chi connectivity index (χ2v) is 6.38. The van der Waals surface area contributed by atoms with Crippen LogP contribution in [-0.2, 0) is 16.6 Å². The Morgan fingerprint density at radius 3 is 2.24 bits per heavy atom. The van der Waals surface area contributed by atoms with Crippen molar-refractivity contribution in [1.82, 2.24) is 4.72 Å². The smallest absolute Gasteiger partial charge is 0.392 e. The maximum atomic E-state index is 13.5. The standard InChI is InChI=1S/C11H10F5NO3S/c12-7-3-6(5-18)4-8(9(7)13)21(19,20)17-10(1-2-10)11(14,15)16/h3-4,17-18H,1-2,5H2. The average Bonchev–Trinajstić information content (AvgIpc) is 3.11. The van der Waals surface area contributed by atoms with Crippen LogP contribution >= 0.6 is 0 Å². The van der Waals surface area contributed by atoms with Gasteiger partial charge in [0.2, 0.25) is 10.0 Å². The van der Waals surface area contributed by atoms with E-state index in [1.165, 1.54) is 4.72 Å². The van der Waals surface area contributed by atoms with Gasteiger partial charge in [-0.05, 0) is 30.5 Å². The van der Waals surface area contributed by atoms with Crippen LogP contribution in [0.2, 0.25) is 0 Å². The highest BCUT2D eigenvalue weighted by Crippen LogP contribution is 2.49. The van der Waals surface area contributed by atoms with Gasteiger partial charge in [0.15, 0.2) is 11.6 Å². The Bertz CT molecular complexity index is 667. The SMILES string of the molecule is O=S(=O)(NC1(C(F)(F)F)CC1)c1cc(CO)cc(F)c1F. The zero-order valence-electron chi connectivity index (χ0n) is 10.3. The summed E-state index contributed by atoms with van der Waals surface area (Å²) in [5.74, 6) is -3.36. The van der Waals surface area contributed by atoms with Crippen LogP contribution in [0, 0.1) is 11.6 Å². The van der Waals surface area contributed by atoms with Crippen molar-refractivity contribution in [2.75, 3.05) is 0 Å². The van der Waals surface area contributed by atoms with Gasteiger partial charge >= 0.3 is 6.18 Å². The highest BCUT2D eigenvalue weighted by Gasteiger charge is 2.65. The molecule has 0 aliphatic heterocycles. The summed E-state index contributed by atoms with van der Waals surface area (Å²) in [7, 11) is -4.92. The Morgan fingerprint density at radius 1 is 1.24 bits per heavy atom. The molecule has 0 spiro atoms. The number of alkyl halides is 3. The van der Waals surface area contributed by atoms with E-state index in [0.29, 0.717) is 12.1 Å². The van der Waals surface area contributed by atoms with E-state index in [1.54, 1.807) is 0 Å². The van der Waals surface area contributed by atoms with Crippen molar-refractivity contribution in [3.05, 3.63) is 29.3 Å². The van der Waals surface area contributed by atoms with Gasteiger partial charge in [-0.15, -0.1) is 0 Å². The molecule has 118 valence electrons. The number of aliphatic hydroxyl groups excluding tert-OH is 1. The van der Waals surface area contributed by atoms with Crippen molar-refractivity contribution in [2.24, 2.45) is 0 Å². The van der Waals surface area contributed by atoms with E-state index in [9.17, 15) is 30.4 Å². The molecule has 0 aromatic heterocycles. The minimum atomic E-state index is -4.92. The lowest BCUT2D eigenvalue weighted by Gasteiger charge is -2.21. The second-order valence-electron chi connectivity index (χ2n) is 4.73. The molecule has 2 N–H and O–H groups in total. The predicted molar refractivity (Wildman–Crippen MR) is 60.6 cm³/mol. The molecule has 0 saturated heterocycles. The molecule has 0 heterocycles. The van der Waals surface area contributed by atoms with Crippen LogP contribution in [0.3, 0.4) is 0 Å². The molecule has 21 heavy (non-hydrogen) atoms. The number of nitrogens with one attached hydrogen (secondary N) is 1. The molecule has 10 heteroatoms. The summed E-state index contributed by atoms with van der Waals surface area (Å²) in [6.07, 6.45) is -5.78. The topological polar surface area (TPSA) is 66.4 Å². The second kappa shape index (κ2) is 4.89. The summed E-state index contributed by atoms with van der Waals surface area (Å²) in [6.45, 7) is -0.788. The first kappa shape index (κ1) is 16.1. The van der Waals surface area contributed by atoms with Gasteiger partial charge in [0, 0.05) is 0 Å². The number of benzene rings is 1. The molecular weight excluding hydrogens is 321 g/mol. The van der Waals surface area contributed by atoms with Gasteiger partial charge in [-0.2, -0.15) is 17.9 Å². The van der Waals surface area contributed by atoms with Crippen LogP contribution in [0.5, 0.6) is 0 Å². The molecule has 1 aromatic rings. The molecule has 0 atom stereocenters. The maximum Gasteiger partial charge on any atom is 0.407 e. The quantitative estimate of drug-likeness (QED) is 0.827. The highest BCUT2D eigenvalue weighted by atomic mass is 32.2. The first-order chi connectivity index (χ1) is 9.52. The molecule has 1 aliphatic rings. The Morgan fingerprint density at radius 2 is 1.81 bits per heavy atom. The third-order valence-electron chi connectivity index (χ3n) is 3.15. The number of hydrogen-bond donors (Lipinski definition) is 2. The molecule has 2 rings (SSSR count). The van der Waals surface area contributed by atoms with Gasteiger partial charge in [-0.1, -0.05) is 0 Å². The van der Waals surface area contributed by atoms with E-state index in [2.05, 4.69) is 0 Å². The van der Waals surface area contributed by atoms with Crippen LogP contribution in [0.4, 0.5) is 22.0 Å². The summed E-state index contributed by atoms with van der Waals surface area (Å²) in [4.78, 5) is -1.26. The molecule has 0 amide bonds. The fourth-order valence-corrected chi connectivity index (χ4v) is 3.37.